The van der Waals surface area contributed by atoms with Crippen LogP contribution in [0.4, 0.5) is 5.69 Å². The quantitative estimate of drug-likeness (QED) is 0.751. The summed E-state index contributed by atoms with van der Waals surface area (Å²) in [6, 6.07) is 13.2. The summed E-state index contributed by atoms with van der Waals surface area (Å²) in [6.45, 7) is 4.47. The number of rotatable bonds is 2. The van der Waals surface area contributed by atoms with E-state index in [1.165, 1.54) is 22.0 Å². The minimum absolute atomic E-state index is 0.621. The number of anilines is 1. The Bertz CT molecular complexity index is 550. The summed E-state index contributed by atoms with van der Waals surface area (Å²) in [5, 5.41) is 3.82. The van der Waals surface area contributed by atoms with Gasteiger partial charge in [0.2, 0.25) is 0 Å². The van der Waals surface area contributed by atoms with Crippen molar-refractivity contribution in [3.05, 3.63) is 42.0 Å². The van der Waals surface area contributed by atoms with Crippen molar-refractivity contribution in [1.29, 1.82) is 0 Å². The van der Waals surface area contributed by atoms with Crippen molar-refractivity contribution >= 4 is 32.4 Å². The van der Waals surface area contributed by atoms with Gasteiger partial charge in [-0.1, -0.05) is 46.3 Å². The first-order chi connectivity index (χ1) is 8.35. The Kier molecular flexibility index (Phi) is 2.83. The van der Waals surface area contributed by atoms with E-state index in [0.717, 1.165) is 18.4 Å². The van der Waals surface area contributed by atoms with Gasteiger partial charge >= 0.3 is 0 Å². The van der Waals surface area contributed by atoms with E-state index in [-0.39, 0.29) is 0 Å². The van der Waals surface area contributed by atoms with Crippen molar-refractivity contribution in [3.63, 3.8) is 0 Å². The second kappa shape index (κ2) is 4.34. The molecular weight excluding hydrogens is 274 g/mol. The fourth-order valence-corrected chi connectivity index (χ4v) is 3.40. The molecule has 0 amide bonds. The maximum absolute atomic E-state index is 3.66. The molecule has 1 nitrogen and oxygen atoms in total. The predicted molar refractivity (Wildman–Crippen MR) is 78.4 cm³/mol. The molecule has 0 saturated carbocycles. The van der Waals surface area contributed by atoms with E-state index >= 15 is 0 Å². The van der Waals surface area contributed by atoms with Gasteiger partial charge in [-0.05, 0) is 29.3 Å². The fraction of sp³-hybridized carbons (Fsp3) is 0.333. The van der Waals surface area contributed by atoms with Gasteiger partial charge in [0.25, 0.3) is 0 Å². The largest absolute Gasteiger partial charge is 0.371 e. The Hall–Kier alpha value is -1.02. The summed E-state index contributed by atoms with van der Waals surface area (Å²) in [5.41, 5.74) is 2.96. The highest BCUT2D eigenvalue weighted by Crippen LogP contribution is 2.41. The Balaban J connectivity index is 2.27. The van der Waals surface area contributed by atoms with Crippen molar-refractivity contribution < 1.29 is 0 Å². The molecule has 1 aliphatic rings. The summed E-state index contributed by atoms with van der Waals surface area (Å²) in [7, 11) is 0. The van der Waals surface area contributed by atoms with Crippen LogP contribution < -0.4 is 4.90 Å². The Morgan fingerprint density at radius 3 is 2.82 bits per heavy atom. The lowest BCUT2D eigenvalue weighted by Gasteiger charge is -2.16. The van der Waals surface area contributed by atoms with E-state index in [9.17, 15) is 0 Å². The number of alkyl halides is 1. The smallest absolute Gasteiger partial charge is 0.0409 e. The van der Waals surface area contributed by atoms with Crippen LogP contribution in [0.25, 0.3) is 10.8 Å². The van der Waals surface area contributed by atoms with Gasteiger partial charge < -0.3 is 4.90 Å². The number of benzene rings is 2. The average Bonchev–Trinajstić information content (AvgIpc) is 2.77. The number of halogens is 1. The molecule has 0 aromatic heterocycles. The van der Waals surface area contributed by atoms with Crippen LogP contribution in [0.2, 0.25) is 0 Å². The maximum Gasteiger partial charge on any atom is 0.0409 e. The SMILES string of the molecule is CCN1CC(CBr)c2c1ccc1ccccc21. The summed E-state index contributed by atoms with van der Waals surface area (Å²) in [4.78, 5) is 2.48. The molecular formula is C15H16BrN. The number of hydrogen-bond donors (Lipinski definition) is 0. The van der Waals surface area contributed by atoms with E-state index in [4.69, 9.17) is 0 Å². The van der Waals surface area contributed by atoms with Crippen LogP contribution in [0.5, 0.6) is 0 Å². The number of likely N-dealkylation sites (N-methyl/N-ethyl adjacent to an activating group) is 1. The van der Waals surface area contributed by atoms with E-state index in [0.29, 0.717) is 5.92 Å². The molecule has 0 radical (unpaired) electrons. The third kappa shape index (κ3) is 1.66. The second-order valence-electron chi connectivity index (χ2n) is 4.61. The lowest BCUT2D eigenvalue weighted by atomic mass is 9.96. The predicted octanol–water partition coefficient (Wildman–Crippen LogP) is 4.16. The molecule has 1 unspecified atom stereocenters. The van der Waals surface area contributed by atoms with Gasteiger partial charge in [-0.15, -0.1) is 0 Å². The van der Waals surface area contributed by atoms with Crippen molar-refractivity contribution in [1.82, 2.24) is 0 Å². The Morgan fingerprint density at radius 1 is 1.24 bits per heavy atom. The molecule has 1 heterocycles. The molecule has 0 bridgehead atoms. The van der Waals surface area contributed by atoms with Gasteiger partial charge in [-0.3, -0.25) is 0 Å². The molecule has 2 aromatic carbocycles. The van der Waals surface area contributed by atoms with E-state index < -0.39 is 0 Å². The second-order valence-corrected chi connectivity index (χ2v) is 5.26. The molecule has 0 fully saturated rings. The van der Waals surface area contributed by atoms with Crippen LogP contribution in [0.3, 0.4) is 0 Å². The van der Waals surface area contributed by atoms with Crippen LogP contribution in [-0.4, -0.2) is 18.4 Å². The standard InChI is InChI=1S/C15H16BrN/c1-2-17-10-12(9-16)15-13-6-4-3-5-11(13)7-8-14(15)17/h3-8,12H,2,9-10H2,1H3. The first-order valence-electron chi connectivity index (χ1n) is 6.17. The summed E-state index contributed by atoms with van der Waals surface area (Å²) < 4.78 is 0. The zero-order valence-electron chi connectivity index (χ0n) is 9.99. The third-order valence-electron chi connectivity index (χ3n) is 3.71. The van der Waals surface area contributed by atoms with Crippen LogP contribution >= 0.6 is 15.9 Å². The monoisotopic (exact) mass is 289 g/mol. The highest BCUT2D eigenvalue weighted by Gasteiger charge is 2.28. The molecule has 2 heteroatoms. The van der Waals surface area contributed by atoms with Gasteiger partial charge in [0.05, 0.1) is 0 Å². The Morgan fingerprint density at radius 2 is 2.06 bits per heavy atom. The molecule has 0 aliphatic carbocycles. The molecule has 0 spiro atoms. The summed E-state index contributed by atoms with van der Waals surface area (Å²) in [5.74, 6) is 0.621. The molecule has 2 aromatic rings. The van der Waals surface area contributed by atoms with Crippen LogP contribution in [0.15, 0.2) is 36.4 Å². The fourth-order valence-electron chi connectivity index (χ4n) is 2.87. The van der Waals surface area contributed by atoms with Crippen molar-refractivity contribution in [2.45, 2.75) is 12.8 Å². The summed E-state index contributed by atoms with van der Waals surface area (Å²) in [6.07, 6.45) is 0. The topological polar surface area (TPSA) is 3.24 Å². The molecule has 1 atom stereocenters. The number of nitrogens with zero attached hydrogens (tertiary/aromatic N) is 1. The van der Waals surface area contributed by atoms with Gasteiger partial charge in [0.15, 0.2) is 0 Å². The lowest BCUT2D eigenvalue weighted by molar-refractivity contribution is 0.776. The first kappa shape index (κ1) is 11.1. The Labute approximate surface area is 111 Å². The van der Waals surface area contributed by atoms with Gasteiger partial charge in [-0.2, -0.15) is 0 Å². The average molecular weight is 290 g/mol. The van der Waals surface area contributed by atoms with E-state index in [2.05, 4.69) is 64.2 Å². The zero-order chi connectivity index (χ0) is 11.8. The van der Waals surface area contributed by atoms with Crippen molar-refractivity contribution in [2.75, 3.05) is 23.3 Å². The van der Waals surface area contributed by atoms with E-state index in [1.54, 1.807) is 0 Å². The third-order valence-corrected chi connectivity index (χ3v) is 4.49. The molecule has 0 saturated heterocycles. The highest BCUT2D eigenvalue weighted by atomic mass is 79.9. The van der Waals surface area contributed by atoms with Crippen LogP contribution in [-0.2, 0) is 0 Å². The first-order valence-corrected chi connectivity index (χ1v) is 7.30. The maximum atomic E-state index is 3.66. The highest BCUT2D eigenvalue weighted by molar-refractivity contribution is 9.09. The van der Waals surface area contributed by atoms with Gasteiger partial charge in [0.1, 0.15) is 0 Å². The number of fused-ring (bicyclic) bond motifs is 3. The molecule has 88 valence electrons. The normalized spacial score (nSPS) is 18.7. The minimum atomic E-state index is 0.621. The van der Waals surface area contributed by atoms with Crippen LogP contribution in [0.1, 0.15) is 18.4 Å². The van der Waals surface area contributed by atoms with Crippen LogP contribution in [0, 0.1) is 0 Å². The molecule has 1 aliphatic heterocycles. The van der Waals surface area contributed by atoms with Gasteiger partial charge in [-0.25, -0.2) is 0 Å². The minimum Gasteiger partial charge on any atom is -0.371 e. The molecule has 17 heavy (non-hydrogen) atoms. The van der Waals surface area contributed by atoms with Crippen molar-refractivity contribution in [2.24, 2.45) is 0 Å². The van der Waals surface area contributed by atoms with Gasteiger partial charge in [0, 0.05) is 30.0 Å². The van der Waals surface area contributed by atoms with E-state index in [1.807, 2.05) is 0 Å². The molecule has 3 rings (SSSR count). The van der Waals surface area contributed by atoms with Crippen molar-refractivity contribution in [3.8, 4) is 0 Å². The lowest BCUT2D eigenvalue weighted by Crippen LogP contribution is -2.21. The zero-order valence-corrected chi connectivity index (χ0v) is 11.6. The number of hydrogen-bond acceptors (Lipinski definition) is 1. The molecule has 0 N–H and O–H groups in total. The summed E-state index contributed by atoms with van der Waals surface area (Å²) >= 11 is 3.66.